The number of aliphatic hydroxyl groups is 2. The van der Waals surface area contributed by atoms with Gasteiger partial charge in [0.1, 0.15) is 17.6 Å². The number of hydrogen-bond acceptors (Lipinski definition) is 12. The van der Waals surface area contributed by atoms with E-state index in [2.05, 4.69) is 0 Å². The van der Waals surface area contributed by atoms with E-state index in [-0.39, 0.29) is 58.7 Å². The molecule has 6 rings (SSSR count). The average molecular weight is 604 g/mol. The van der Waals surface area contributed by atoms with E-state index in [1.807, 2.05) is 4.90 Å². The number of nitrogens with zero attached hydrogens (tertiary/aromatic N) is 1. The van der Waals surface area contributed by atoms with Crippen LogP contribution in [0.15, 0.2) is 24.3 Å². The highest BCUT2D eigenvalue weighted by Crippen LogP contribution is 2.52. The second-order valence-electron chi connectivity index (χ2n) is 11.7. The van der Waals surface area contributed by atoms with Crippen molar-refractivity contribution >= 4 is 21.7 Å². The summed E-state index contributed by atoms with van der Waals surface area (Å²) >= 11 is 0. The Kier molecular flexibility index (Phi) is 7.00. The van der Waals surface area contributed by atoms with E-state index in [9.17, 15) is 38.4 Å². The average Bonchev–Trinajstić information content (AvgIpc) is 3.75. The molecule has 0 spiro atoms. The van der Waals surface area contributed by atoms with Crippen LogP contribution in [-0.2, 0) is 30.2 Å². The molecule has 12 nitrogen and oxygen atoms in total. The molecule has 0 radical (unpaired) electrons. The molecule has 42 heavy (non-hydrogen) atoms. The number of ether oxygens (including phenoxy) is 2. The summed E-state index contributed by atoms with van der Waals surface area (Å²) in [5.41, 5.74) is -2.38. The van der Waals surface area contributed by atoms with Crippen LogP contribution in [0, 0.1) is 0 Å². The van der Waals surface area contributed by atoms with Crippen LogP contribution < -0.4 is 0 Å². The van der Waals surface area contributed by atoms with Crippen molar-refractivity contribution in [1.82, 2.24) is 4.90 Å². The van der Waals surface area contributed by atoms with Gasteiger partial charge in [0.05, 0.1) is 41.3 Å². The molecule has 4 aliphatic rings. The number of rotatable bonds is 6. The first-order valence-corrected chi connectivity index (χ1v) is 15.6. The lowest BCUT2D eigenvalue weighted by Crippen LogP contribution is -2.53. The van der Waals surface area contributed by atoms with Gasteiger partial charge in [-0.05, 0) is 13.8 Å². The first-order chi connectivity index (χ1) is 19.7. The number of carbonyl (C=O) groups is 2. The van der Waals surface area contributed by atoms with E-state index in [0.29, 0.717) is 0 Å². The second-order valence-corrected chi connectivity index (χ2v) is 13.3. The van der Waals surface area contributed by atoms with E-state index in [1.54, 1.807) is 19.1 Å². The lowest BCUT2D eigenvalue weighted by Gasteiger charge is -2.44. The van der Waals surface area contributed by atoms with Gasteiger partial charge in [0.2, 0.25) is 0 Å². The normalized spacial score (nSPS) is 31.7. The van der Waals surface area contributed by atoms with Gasteiger partial charge >= 0.3 is 0 Å². The molecule has 2 heterocycles. The zero-order valence-corrected chi connectivity index (χ0v) is 24.1. The van der Waals surface area contributed by atoms with E-state index in [1.165, 1.54) is 19.1 Å². The molecule has 0 amide bonds. The fraction of sp³-hybridized carbons (Fsp3) is 0.517. The molecular formula is C29H33NO11S. The van der Waals surface area contributed by atoms with Gasteiger partial charge in [0, 0.05) is 60.6 Å². The highest BCUT2D eigenvalue weighted by atomic mass is 32.2. The Labute approximate surface area is 242 Å². The Morgan fingerprint density at radius 1 is 1.07 bits per heavy atom. The Morgan fingerprint density at radius 2 is 1.67 bits per heavy atom. The van der Waals surface area contributed by atoms with Gasteiger partial charge in [0.15, 0.2) is 17.9 Å². The van der Waals surface area contributed by atoms with Crippen molar-refractivity contribution in [2.45, 2.75) is 75.5 Å². The number of hydrogen-bond donors (Lipinski definition) is 4. The molecule has 2 aromatic carbocycles. The van der Waals surface area contributed by atoms with Crippen LogP contribution in [0.5, 0.6) is 11.5 Å². The van der Waals surface area contributed by atoms with E-state index in [0.717, 1.165) is 19.3 Å². The summed E-state index contributed by atoms with van der Waals surface area (Å²) in [6.45, 7) is 4.51. The van der Waals surface area contributed by atoms with Gasteiger partial charge in [-0.15, -0.1) is 0 Å². The molecule has 1 unspecified atom stereocenters. The Bertz CT molecular complexity index is 1580. The maximum atomic E-state index is 13.5. The molecule has 4 N–H and O–H groups in total. The standard InChI is InChI=1S/C29H33NO11S/c1-13-28(41-42(3,37)38)18(30-8-9-30)10-20(39-13)40-19-12-29(36,14(2)31)11-17-21(19)27(35)23-22(26(17)34)24(32)15-6-4-5-7-16(15)25(23)33/h4-7,13-14,18-20,28,31,34-36H,8-12H2,1-3H3/t13-,14?,18-,19-,20-,28+,29-/m0/s1. The lowest BCUT2D eigenvalue weighted by atomic mass is 9.71. The topological polar surface area (TPSA) is 180 Å². The predicted molar refractivity (Wildman–Crippen MR) is 146 cm³/mol. The molecule has 2 aliphatic heterocycles. The zero-order chi connectivity index (χ0) is 30.3. The predicted octanol–water partition coefficient (Wildman–Crippen LogP) is 1.15. The van der Waals surface area contributed by atoms with Crippen LogP contribution in [0.3, 0.4) is 0 Å². The van der Waals surface area contributed by atoms with Crippen molar-refractivity contribution in [3.63, 3.8) is 0 Å². The van der Waals surface area contributed by atoms with Crippen molar-refractivity contribution in [3.05, 3.63) is 57.6 Å². The van der Waals surface area contributed by atoms with Gasteiger partial charge in [-0.25, -0.2) is 0 Å². The summed E-state index contributed by atoms with van der Waals surface area (Å²) in [5, 5.41) is 45.0. The second kappa shape index (κ2) is 10.1. The number of benzene rings is 2. The van der Waals surface area contributed by atoms with Gasteiger partial charge in [-0.3, -0.25) is 18.7 Å². The number of aromatic hydroxyl groups is 2. The molecule has 2 aliphatic carbocycles. The molecule has 0 saturated carbocycles. The summed E-state index contributed by atoms with van der Waals surface area (Å²) in [5.74, 6) is -2.41. The number of phenols is 2. The highest BCUT2D eigenvalue weighted by molar-refractivity contribution is 7.86. The van der Waals surface area contributed by atoms with Crippen LogP contribution in [0.4, 0.5) is 0 Å². The van der Waals surface area contributed by atoms with E-state index < -0.39 is 69.5 Å². The van der Waals surface area contributed by atoms with E-state index >= 15 is 0 Å². The minimum absolute atomic E-state index is 0.0175. The third kappa shape index (κ3) is 4.82. The number of carbonyl (C=O) groups excluding carboxylic acids is 2. The fourth-order valence-electron chi connectivity index (χ4n) is 6.52. The minimum atomic E-state index is -3.78. The van der Waals surface area contributed by atoms with Crippen molar-refractivity contribution in [1.29, 1.82) is 0 Å². The largest absolute Gasteiger partial charge is 0.507 e. The summed E-state index contributed by atoms with van der Waals surface area (Å²) in [4.78, 5) is 29.0. The molecule has 7 atom stereocenters. The number of aliphatic hydroxyl groups excluding tert-OH is 1. The van der Waals surface area contributed by atoms with Crippen LogP contribution in [0.1, 0.15) is 75.8 Å². The molecule has 0 aromatic heterocycles. The summed E-state index contributed by atoms with van der Waals surface area (Å²) in [7, 11) is -3.78. The van der Waals surface area contributed by atoms with Gasteiger partial charge in [-0.1, -0.05) is 24.3 Å². The quantitative estimate of drug-likeness (QED) is 0.180. The van der Waals surface area contributed by atoms with Crippen molar-refractivity contribution in [2.75, 3.05) is 19.3 Å². The Morgan fingerprint density at radius 3 is 2.21 bits per heavy atom. The number of fused-ring (bicyclic) bond motifs is 3. The number of phenolic OH excluding ortho intramolecular Hbond substituents is 2. The van der Waals surface area contributed by atoms with Gasteiger partial charge in [-0.2, -0.15) is 8.42 Å². The zero-order valence-electron chi connectivity index (χ0n) is 23.3. The lowest BCUT2D eigenvalue weighted by molar-refractivity contribution is -0.253. The smallest absolute Gasteiger partial charge is 0.264 e. The van der Waals surface area contributed by atoms with Crippen molar-refractivity contribution < 1.29 is 52.1 Å². The molecule has 226 valence electrons. The molecule has 2 saturated heterocycles. The maximum absolute atomic E-state index is 13.5. The van der Waals surface area contributed by atoms with Crippen LogP contribution in [-0.4, -0.2) is 101 Å². The van der Waals surface area contributed by atoms with Crippen LogP contribution >= 0.6 is 0 Å². The van der Waals surface area contributed by atoms with Crippen molar-refractivity contribution in [3.8, 4) is 11.5 Å². The fourth-order valence-corrected chi connectivity index (χ4v) is 7.21. The van der Waals surface area contributed by atoms with Gasteiger partial charge < -0.3 is 29.9 Å². The van der Waals surface area contributed by atoms with Crippen LogP contribution in [0.25, 0.3) is 0 Å². The maximum Gasteiger partial charge on any atom is 0.264 e. The van der Waals surface area contributed by atoms with Crippen LogP contribution in [0.2, 0.25) is 0 Å². The van der Waals surface area contributed by atoms with Crippen molar-refractivity contribution in [2.24, 2.45) is 0 Å². The monoisotopic (exact) mass is 603 g/mol. The first kappa shape index (κ1) is 29.2. The molecule has 2 aromatic rings. The highest BCUT2D eigenvalue weighted by Gasteiger charge is 2.50. The summed E-state index contributed by atoms with van der Waals surface area (Å²) < 4.78 is 41.6. The third-order valence-corrected chi connectivity index (χ3v) is 9.35. The molecule has 13 heteroatoms. The molecular weight excluding hydrogens is 570 g/mol. The number of ketones is 2. The van der Waals surface area contributed by atoms with E-state index in [4.69, 9.17) is 13.7 Å². The molecule has 2 fully saturated rings. The SMILES string of the molecule is CC(O)[C@]1(O)Cc2c(O)c3c(c(O)c2[C@@H](O[C@H]2C[C@H](N4CC4)[C@H](OS(C)(=O)=O)[C@H](C)O2)C1)C(=O)c1ccccc1C3=O. The Balaban J connectivity index is 1.41. The summed E-state index contributed by atoms with van der Waals surface area (Å²) in [6, 6.07) is 5.74. The Hall–Kier alpha value is -2.91. The van der Waals surface area contributed by atoms with Gasteiger partial charge in [0.25, 0.3) is 10.1 Å². The molecule has 0 bridgehead atoms. The minimum Gasteiger partial charge on any atom is -0.507 e. The first-order valence-electron chi connectivity index (χ1n) is 13.8. The summed E-state index contributed by atoms with van der Waals surface area (Å²) in [6.07, 6.45) is -4.33. The third-order valence-electron chi connectivity index (χ3n) is 8.78.